The van der Waals surface area contributed by atoms with Crippen LogP contribution >= 0.6 is 11.1 Å². The normalized spacial score (nSPS) is 14.8. The van der Waals surface area contributed by atoms with Crippen LogP contribution in [0, 0.1) is 0 Å². The van der Waals surface area contributed by atoms with Crippen molar-refractivity contribution >= 4 is 18.5 Å². The predicted octanol–water partition coefficient (Wildman–Crippen LogP) is 3.92. The Morgan fingerprint density at radius 3 is 0.625 bits per heavy atom. The van der Waals surface area contributed by atoms with Crippen molar-refractivity contribution in [3.63, 3.8) is 0 Å². The molecule has 0 unspecified atom stereocenters. The third-order valence-electron chi connectivity index (χ3n) is 5.53. The molecule has 0 aliphatic rings. The molecule has 0 rings (SSSR count). The molecule has 0 amide bonds. The Bertz CT molecular complexity index is 447. The molecule has 0 spiro atoms. The van der Waals surface area contributed by atoms with Crippen LogP contribution in [-0.4, -0.2) is 59.5 Å². The summed E-state index contributed by atoms with van der Waals surface area (Å²) in [5.41, 5.74) is 0. The van der Waals surface area contributed by atoms with Gasteiger partial charge in [-0.15, -0.1) is 0 Å². The molecule has 8 heteroatoms. The van der Waals surface area contributed by atoms with E-state index < -0.39 is 23.2 Å². The molecule has 0 aromatic carbocycles. The number of nitrogens with one attached hydrogen (secondary N) is 6. The molecular weight excluding hydrogens is 436 g/mol. The van der Waals surface area contributed by atoms with Crippen LogP contribution in [0.3, 0.4) is 0 Å². The fraction of sp³-hybridized carbons (Fsp3) is 1.00. The summed E-state index contributed by atoms with van der Waals surface area (Å²) in [5.74, 6) is 0. The van der Waals surface area contributed by atoms with Gasteiger partial charge in [0.25, 0.3) is 7.38 Å². The maximum atomic E-state index is 8.29. The van der Waals surface area contributed by atoms with E-state index in [0.717, 1.165) is 0 Å². The van der Waals surface area contributed by atoms with Gasteiger partial charge in [0.15, 0.2) is 0 Å². The minimum Gasteiger partial charge on any atom is -0.299 e. The van der Waals surface area contributed by atoms with Gasteiger partial charge in [0.1, 0.15) is 0 Å². The van der Waals surface area contributed by atoms with Gasteiger partial charge in [-0.25, -0.2) is 0 Å². The molecule has 0 aromatic rings. The van der Waals surface area contributed by atoms with Crippen LogP contribution in [0.15, 0.2) is 0 Å². The molecule has 194 valence electrons. The van der Waals surface area contributed by atoms with Gasteiger partial charge in [0.2, 0.25) is 0 Å². The van der Waals surface area contributed by atoms with E-state index >= 15 is 0 Å². The van der Waals surface area contributed by atoms with Gasteiger partial charge in [0.05, 0.1) is 15.9 Å². The molecule has 0 fully saturated rings. The Hall–Kier alpha value is 0.267. The van der Waals surface area contributed by atoms with E-state index in [0.29, 0.717) is 0 Å². The third-order valence-corrected chi connectivity index (χ3v) is 13.9. The first kappa shape index (κ1) is 32.3. The summed E-state index contributed by atoms with van der Waals surface area (Å²) in [5, 5.41) is 21.7. The zero-order valence-electron chi connectivity index (χ0n) is 23.8. The number of halogens is 1. The number of hydrogen-bond acceptors (Lipinski definition) is 6. The van der Waals surface area contributed by atoms with Crippen molar-refractivity contribution in [2.45, 2.75) is 156 Å². The summed E-state index contributed by atoms with van der Waals surface area (Å²) in [6, 6.07) is 1.51. The summed E-state index contributed by atoms with van der Waals surface area (Å²) in [7, 11) is -3.08. The maximum absolute atomic E-state index is 8.29. The standard InChI is InChI=1S/C24H57ClN6Si/c1-16(2)26-22(13,27-17(3)4)32(25,23(14,28-18(5)6)29-19(7)8)24(15,30-20(9)10)31-21(11)12/h16-21,26-31H,1-15H3. The monoisotopic (exact) mass is 492 g/mol. The van der Waals surface area contributed by atoms with Crippen LogP contribution in [0.4, 0.5) is 0 Å². The highest BCUT2D eigenvalue weighted by atomic mass is 35.6. The Morgan fingerprint density at radius 1 is 0.406 bits per heavy atom. The second kappa shape index (κ2) is 12.3. The zero-order valence-corrected chi connectivity index (χ0v) is 25.6. The van der Waals surface area contributed by atoms with Crippen molar-refractivity contribution in [3.05, 3.63) is 0 Å². The molecule has 0 aliphatic heterocycles. The molecule has 0 aromatic heterocycles. The van der Waals surface area contributed by atoms with Gasteiger partial charge in [-0.3, -0.25) is 31.9 Å². The highest BCUT2D eigenvalue weighted by molar-refractivity contribution is 7.25. The van der Waals surface area contributed by atoms with Crippen LogP contribution in [0.1, 0.15) is 104 Å². The fourth-order valence-corrected chi connectivity index (χ4v) is 12.6. The maximum Gasteiger partial charge on any atom is 0.263 e. The van der Waals surface area contributed by atoms with E-state index in [9.17, 15) is 0 Å². The Kier molecular flexibility index (Phi) is 12.4. The topological polar surface area (TPSA) is 72.2 Å². The summed E-state index contributed by atoms with van der Waals surface area (Å²) in [4.78, 5) is 0. The van der Waals surface area contributed by atoms with Gasteiger partial charge in [-0.2, -0.15) is 11.1 Å². The average Bonchev–Trinajstić information content (AvgIpc) is 2.48. The molecule has 32 heavy (non-hydrogen) atoms. The zero-order chi connectivity index (χ0) is 25.7. The van der Waals surface area contributed by atoms with Gasteiger partial charge in [0, 0.05) is 36.3 Å². The average molecular weight is 493 g/mol. The van der Waals surface area contributed by atoms with Crippen molar-refractivity contribution in [1.82, 2.24) is 31.9 Å². The van der Waals surface area contributed by atoms with E-state index in [4.69, 9.17) is 11.1 Å². The summed E-state index contributed by atoms with van der Waals surface area (Å²) >= 11 is 8.29. The molecule has 0 radical (unpaired) electrons. The Morgan fingerprint density at radius 2 is 0.531 bits per heavy atom. The van der Waals surface area contributed by atoms with E-state index in [2.05, 4.69) is 136 Å². The lowest BCUT2D eigenvalue weighted by Gasteiger charge is -2.63. The second-order valence-corrected chi connectivity index (χ2v) is 17.8. The predicted molar refractivity (Wildman–Crippen MR) is 146 cm³/mol. The summed E-state index contributed by atoms with van der Waals surface area (Å²) < 4.78 is 0. The largest absolute Gasteiger partial charge is 0.299 e. The fourth-order valence-electron chi connectivity index (χ4n) is 5.69. The quantitative estimate of drug-likeness (QED) is 0.118. The van der Waals surface area contributed by atoms with Crippen molar-refractivity contribution in [3.8, 4) is 0 Å². The van der Waals surface area contributed by atoms with Crippen LogP contribution in [0.25, 0.3) is 0 Å². The lowest BCUT2D eigenvalue weighted by Crippen LogP contribution is -2.96. The van der Waals surface area contributed by atoms with E-state index in [1.807, 2.05) is 0 Å². The van der Waals surface area contributed by atoms with Crippen molar-refractivity contribution < 1.29 is 0 Å². The lowest BCUT2D eigenvalue weighted by atomic mass is 10.3. The molecule has 0 aliphatic carbocycles. The van der Waals surface area contributed by atoms with E-state index in [-0.39, 0.29) is 36.3 Å². The number of hydrogen-bond donors (Lipinski definition) is 6. The van der Waals surface area contributed by atoms with Crippen molar-refractivity contribution in [1.29, 1.82) is 0 Å². The Balaban J connectivity index is 7.41. The lowest BCUT2D eigenvalue weighted by molar-refractivity contribution is 0.230. The molecule has 0 saturated carbocycles. The minimum absolute atomic E-state index is 0.251. The first-order valence-electron chi connectivity index (χ1n) is 12.6. The highest BCUT2D eigenvalue weighted by Crippen LogP contribution is 2.41. The van der Waals surface area contributed by atoms with Gasteiger partial charge in [-0.1, -0.05) is 0 Å². The van der Waals surface area contributed by atoms with Crippen LogP contribution in [0.5, 0.6) is 0 Å². The minimum atomic E-state index is -3.08. The molecule has 0 saturated heterocycles. The first-order chi connectivity index (χ1) is 14.2. The third kappa shape index (κ3) is 7.91. The number of rotatable bonds is 15. The smallest absolute Gasteiger partial charge is 0.263 e. The van der Waals surface area contributed by atoms with E-state index in [1.165, 1.54) is 0 Å². The Labute approximate surface area is 206 Å². The first-order valence-corrected chi connectivity index (χ1v) is 15.6. The molecule has 6 N–H and O–H groups in total. The molecule has 0 bridgehead atoms. The van der Waals surface area contributed by atoms with Crippen LogP contribution in [0.2, 0.25) is 0 Å². The molecule has 0 atom stereocenters. The molecular formula is C24H57ClN6Si. The van der Waals surface area contributed by atoms with E-state index in [1.54, 1.807) is 0 Å². The highest BCUT2D eigenvalue weighted by Gasteiger charge is 2.71. The summed E-state index contributed by atoms with van der Waals surface area (Å²) in [6.07, 6.45) is 0. The van der Waals surface area contributed by atoms with Gasteiger partial charge < -0.3 is 0 Å². The van der Waals surface area contributed by atoms with Crippen molar-refractivity contribution in [2.75, 3.05) is 0 Å². The van der Waals surface area contributed by atoms with Gasteiger partial charge in [-0.05, 0) is 104 Å². The van der Waals surface area contributed by atoms with Crippen molar-refractivity contribution in [2.24, 2.45) is 0 Å². The van der Waals surface area contributed by atoms with Gasteiger partial charge >= 0.3 is 0 Å². The summed E-state index contributed by atoms with van der Waals surface area (Å²) in [6.45, 7) is 33.1. The molecule has 0 heterocycles. The SMILES string of the molecule is CC(C)NC(C)(NC(C)C)[Si](Cl)(C(C)(NC(C)C)NC(C)C)C(C)(NC(C)C)NC(C)C. The second-order valence-electron chi connectivity index (χ2n) is 11.8. The van der Waals surface area contributed by atoms with Crippen LogP contribution < -0.4 is 31.9 Å². The molecule has 6 nitrogen and oxygen atoms in total. The van der Waals surface area contributed by atoms with Crippen LogP contribution in [-0.2, 0) is 0 Å².